The van der Waals surface area contributed by atoms with Crippen LogP contribution in [0.5, 0.6) is 0 Å². The Balaban J connectivity index is 1.16. The summed E-state index contributed by atoms with van der Waals surface area (Å²) in [5, 5.41) is 2.66. The summed E-state index contributed by atoms with van der Waals surface area (Å²) < 4.78 is 22.6. The molecule has 0 unspecified atom stereocenters. The average molecular weight is 587 g/mol. The molecule has 2 aliphatic rings. The third-order valence-electron chi connectivity index (χ3n) is 7.45. The van der Waals surface area contributed by atoms with Gasteiger partial charge in [-0.1, -0.05) is 78.9 Å². The fourth-order valence-electron chi connectivity index (χ4n) is 5.54. The van der Waals surface area contributed by atoms with E-state index in [2.05, 4.69) is 29.6 Å². The Morgan fingerprint density at radius 2 is 1.49 bits per heavy atom. The highest BCUT2D eigenvalue weighted by Crippen LogP contribution is 2.44. The second-order valence-electron chi connectivity index (χ2n) is 11.7. The fraction of sp³-hybridized carbons (Fsp3) is 0.382. The lowest BCUT2D eigenvalue weighted by molar-refractivity contribution is -0.159. The lowest BCUT2D eigenvalue weighted by Gasteiger charge is -2.27. The van der Waals surface area contributed by atoms with E-state index in [1.54, 1.807) is 20.8 Å². The molecular formula is C34H38N2O7. The van der Waals surface area contributed by atoms with Gasteiger partial charge in [0.15, 0.2) is 0 Å². The van der Waals surface area contributed by atoms with E-state index in [-0.39, 0.29) is 45.2 Å². The van der Waals surface area contributed by atoms with Crippen molar-refractivity contribution >= 4 is 18.2 Å². The summed E-state index contributed by atoms with van der Waals surface area (Å²) in [5.41, 5.74) is 4.67. The van der Waals surface area contributed by atoms with Crippen LogP contribution in [0.25, 0.3) is 11.1 Å². The Hall–Kier alpha value is -4.37. The molecule has 1 heterocycles. The number of benzene rings is 3. The summed E-state index contributed by atoms with van der Waals surface area (Å²) in [6.45, 7) is 6.24. The van der Waals surface area contributed by atoms with Gasteiger partial charge in [-0.25, -0.2) is 14.4 Å². The number of carbonyl (C=O) groups excluding carboxylic acids is 3. The van der Waals surface area contributed by atoms with Crippen molar-refractivity contribution < 1.29 is 33.3 Å². The van der Waals surface area contributed by atoms with Gasteiger partial charge in [0.1, 0.15) is 24.9 Å². The van der Waals surface area contributed by atoms with Crippen LogP contribution in [0.3, 0.4) is 0 Å². The Bertz CT molecular complexity index is 1390. The first-order valence-corrected chi connectivity index (χ1v) is 14.6. The SMILES string of the molecule is CC(C)(C)OC(=O)[C@H]1C[C@H](OCCNC(=O)OCc2ccccc2)CN1C(=O)OCC1c2ccccc2-c2ccccc21. The molecule has 0 spiro atoms. The minimum absolute atomic E-state index is 0.0984. The van der Waals surface area contributed by atoms with Gasteiger partial charge >= 0.3 is 18.2 Å². The quantitative estimate of drug-likeness (QED) is 0.196. The minimum Gasteiger partial charge on any atom is -0.458 e. The average Bonchev–Trinajstić information content (AvgIpc) is 3.57. The molecule has 9 nitrogen and oxygen atoms in total. The molecule has 0 bridgehead atoms. The first-order valence-electron chi connectivity index (χ1n) is 14.6. The van der Waals surface area contributed by atoms with Crippen molar-refractivity contribution in [2.75, 3.05) is 26.3 Å². The standard InChI is InChI=1S/C34H38N2O7/c1-34(2,3)43-31(37)30-19-24(40-18-17-35-32(38)41-21-23-11-5-4-6-12-23)20-36(30)33(39)42-22-29-27-15-9-7-13-25(27)26-14-8-10-16-28(26)29/h4-16,24,29-30H,17-22H2,1-3H3,(H,35,38)/t24-,30+/m0/s1. The molecule has 1 fully saturated rings. The zero-order valence-corrected chi connectivity index (χ0v) is 24.8. The van der Waals surface area contributed by atoms with Gasteiger partial charge < -0.3 is 24.3 Å². The van der Waals surface area contributed by atoms with Crippen molar-refractivity contribution in [3.05, 3.63) is 95.6 Å². The Labute approximate surface area is 252 Å². The summed E-state index contributed by atoms with van der Waals surface area (Å²) >= 11 is 0. The van der Waals surface area contributed by atoms with E-state index in [1.165, 1.54) is 4.90 Å². The first-order chi connectivity index (χ1) is 20.7. The zero-order chi connectivity index (χ0) is 30.4. The molecule has 1 N–H and O–H groups in total. The molecule has 0 saturated carbocycles. The van der Waals surface area contributed by atoms with Crippen molar-refractivity contribution in [1.29, 1.82) is 0 Å². The number of nitrogens with zero attached hydrogens (tertiary/aromatic N) is 1. The van der Waals surface area contributed by atoms with Gasteiger partial charge in [-0.05, 0) is 48.6 Å². The van der Waals surface area contributed by atoms with Gasteiger partial charge in [-0.2, -0.15) is 0 Å². The smallest absolute Gasteiger partial charge is 0.410 e. The molecular weight excluding hydrogens is 548 g/mol. The van der Waals surface area contributed by atoms with E-state index >= 15 is 0 Å². The van der Waals surface area contributed by atoms with Crippen LogP contribution >= 0.6 is 0 Å². The number of ether oxygens (including phenoxy) is 4. The molecule has 2 amide bonds. The molecule has 0 aromatic heterocycles. The van der Waals surface area contributed by atoms with Crippen LogP contribution in [-0.2, 0) is 30.3 Å². The number of carbonyl (C=O) groups is 3. The van der Waals surface area contributed by atoms with E-state index in [0.717, 1.165) is 27.8 Å². The first kappa shape index (κ1) is 30.1. The Kier molecular flexibility index (Phi) is 9.31. The van der Waals surface area contributed by atoms with Crippen molar-refractivity contribution in [3.63, 3.8) is 0 Å². The molecule has 43 heavy (non-hydrogen) atoms. The van der Waals surface area contributed by atoms with Crippen molar-refractivity contribution in [2.24, 2.45) is 0 Å². The Morgan fingerprint density at radius 3 is 2.14 bits per heavy atom. The van der Waals surface area contributed by atoms with Gasteiger partial charge in [-0.15, -0.1) is 0 Å². The molecule has 1 aliphatic carbocycles. The van der Waals surface area contributed by atoms with E-state index in [0.29, 0.717) is 0 Å². The monoisotopic (exact) mass is 586 g/mol. The van der Waals surface area contributed by atoms with Gasteiger partial charge in [0, 0.05) is 18.9 Å². The molecule has 3 aromatic carbocycles. The van der Waals surface area contributed by atoms with Crippen LogP contribution in [0.4, 0.5) is 9.59 Å². The summed E-state index contributed by atoms with van der Waals surface area (Å²) in [5.74, 6) is -0.603. The number of nitrogens with one attached hydrogen (secondary N) is 1. The fourth-order valence-corrected chi connectivity index (χ4v) is 5.54. The van der Waals surface area contributed by atoms with Crippen LogP contribution in [-0.4, -0.2) is 67.1 Å². The topological polar surface area (TPSA) is 103 Å². The number of alkyl carbamates (subject to hydrolysis) is 1. The lowest BCUT2D eigenvalue weighted by atomic mass is 9.98. The summed E-state index contributed by atoms with van der Waals surface area (Å²) in [4.78, 5) is 40.0. The van der Waals surface area contributed by atoms with E-state index in [9.17, 15) is 14.4 Å². The van der Waals surface area contributed by atoms with Crippen LogP contribution in [0, 0.1) is 0 Å². The summed E-state index contributed by atoms with van der Waals surface area (Å²) in [6, 6.07) is 24.8. The second-order valence-corrected chi connectivity index (χ2v) is 11.7. The van der Waals surface area contributed by atoms with Crippen molar-refractivity contribution in [3.8, 4) is 11.1 Å². The predicted molar refractivity (Wildman–Crippen MR) is 160 cm³/mol. The summed E-state index contributed by atoms with van der Waals surface area (Å²) in [7, 11) is 0. The largest absolute Gasteiger partial charge is 0.458 e. The minimum atomic E-state index is -0.844. The number of esters is 1. The molecule has 9 heteroatoms. The number of likely N-dealkylation sites (tertiary alicyclic amines) is 1. The highest BCUT2D eigenvalue weighted by atomic mass is 16.6. The maximum atomic E-state index is 13.4. The molecule has 226 valence electrons. The maximum absolute atomic E-state index is 13.4. The van der Waals surface area contributed by atoms with Crippen LogP contribution < -0.4 is 5.32 Å². The van der Waals surface area contributed by atoms with Crippen molar-refractivity contribution in [2.45, 2.75) is 57.5 Å². The van der Waals surface area contributed by atoms with E-state index in [4.69, 9.17) is 18.9 Å². The van der Waals surface area contributed by atoms with Crippen LogP contribution in [0.15, 0.2) is 78.9 Å². The van der Waals surface area contributed by atoms with Gasteiger partial charge in [0.2, 0.25) is 0 Å². The molecule has 0 radical (unpaired) electrons. The highest BCUT2D eigenvalue weighted by Gasteiger charge is 2.43. The number of amides is 2. The van der Waals surface area contributed by atoms with Crippen molar-refractivity contribution in [1.82, 2.24) is 10.2 Å². The van der Waals surface area contributed by atoms with Crippen LogP contribution in [0.1, 0.15) is 49.8 Å². The molecule has 2 atom stereocenters. The third-order valence-corrected chi connectivity index (χ3v) is 7.45. The number of hydrogen-bond donors (Lipinski definition) is 1. The number of fused-ring (bicyclic) bond motifs is 3. The summed E-state index contributed by atoms with van der Waals surface area (Å²) in [6.07, 6.45) is -1.31. The molecule has 1 aliphatic heterocycles. The molecule has 3 aromatic rings. The third kappa shape index (κ3) is 7.53. The van der Waals surface area contributed by atoms with E-state index < -0.39 is 35.9 Å². The lowest BCUT2D eigenvalue weighted by Crippen LogP contribution is -2.44. The highest BCUT2D eigenvalue weighted by molar-refractivity contribution is 5.83. The normalized spacial score (nSPS) is 17.6. The maximum Gasteiger partial charge on any atom is 0.410 e. The number of rotatable bonds is 9. The molecule has 1 saturated heterocycles. The zero-order valence-electron chi connectivity index (χ0n) is 24.8. The van der Waals surface area contributed by atoms with E-state index in [1.807, 2.05) is 54.6 Å². The van der Waals surface area contributed by atoms with Crippen LogP contribution in [0.2, 0.25) is 0 Å². The predicted octanol–water partition coefficient (Wildman–Crippen LogP) is 5.66. The Morgan fingerprint density at radius 1 is 0.860 bits per heavy atom. The second kappa shape index (κ2) is 13.3. The number of hydrogen-bond acceptors (Lipinski definition) is 7. The van der Waals surface area contributed by atoms with Gasteiger partial charge in [0.25, 0.3) is 0 Å². The molecule has 5 rings (SSSR count). The van der Waals surface area contributed by atoms with Gasteiger partial charge in [-0.3, -0.25) is 4.90 Å². The van der Waals surface area contributed by atoms with Gasteiger partial charge in [0.05, 0.1) is 19.3 Å².